The Morgan fingerprint density at radius 3 is 3.00 bits per heavy atom. The van der Waals surface area contributed by atoms with Crippen molar-refractivity contribution in [3.63, 3.8) is 0 Å². The third kappa shape index (κ3) is 4.86. The zero-order valence-corrected chi connectivity index (χ0v) is 9.73. The quantitative estimate of drug-likeness (QED) is 0.723. The highest BCUT2D eigenvalue weighted by molar-refractivity contribution is 7.99. The minimum Gasteiger partial charge on any atom is -0.462 e. The van der Waals surface area contributed by atoms with Gasteiger partial charge in [0.25, 0.3) is 0 Å². The van der Waals surface area contributed by atoms with Gasteiger partial charge in [0.2, 0.25) is 0 Å². The minimum atomic E-state index is -0.143. The number of rotatable bonds is 4. The van der Waals surface area contributed by atoms with Gasteiger partial charge in [-0.15, -0.1) is 0 Å². The second kappa shape index (κ2) is 6.30. The highest BCUT2D eigenvalue weighted by Crippen LogP contribution is 2.16. The number of thioether (sulfide) groups is 1. The molecule has 3 nitrogen and oxygen atoms in total. The van der Waals surface area contributed by atoms with Crippen molar-refractivity contribution >= 4 is 17.7 Å². The molecule has 82 valence electrons. The first-order chi connectivity index (χ1) is 6.68. The van der Waals surface area contributed by atoms with Gasteiger partial charge in [-0.1, -0.05) is 0 Å². The van der Waals surface area contributed by atoms with Crippen molar-refractivity contribution in [1.82, 2.24) is 5.32 Å². The molecule has 1 fully saturated rings. The van der Waals surface area contributed by atoms with E-state index in [0.29, 0.717) is 12.6 Å². The molecule has 0 aromatic rings. The number of ether oxygens (including phenoxy) is 1. The van der Waals surface area contributed by atoms with E-state index < -0.39 is 0 Å². The lowest BCUT2D eigenvalue weighted by Gasteiger charge is -2.22. The SMILES string of the molecule is CC(C)OC(=O)CNC1CCCSC1. The van der Waals surface area contributed by atoms with Crippen LogP contribution in [0.4, 0.5) is 0 Å². The fraction of sp³-hybridized carbons (Fsp3) is 0.900. The van der Waals surface area contributed by atoms with Gasteiger partial charge in [0, 0.05) is 11.8 Å². The van der Waals surface area contributed by atoms with Crippen molar-refractivity contribution in [2.75, 3.05) is 18.1 Å². The van der Waals surface area contributed by atoms with E-state index in [1.165, 1.54) is 18.6 Å². The Bertz CT molecular complexity index is 179. The largest absolute Gasteiger partial charge is 0.462 e. The summed E-state index contributed by atoms with van der Waals surface area (Å²) in [5.74, 6) is 2.24. The molecule has 0 saturated carbocycles. The Morgan fingerprint density at radius 1 is 1.64 bits per heavy atom. The zero-order chi connectivity index (χ0) is 10.4. The number of hydrogen-bond acceptors (Lipinski definition) is 4. The van der Waals surface area contributed by atoms with E-state index >= 15 is 0 Å². The molecule has 0 spiro atoms. The standard InChI is InChI=1S/C10H19NO2S/c1-8(2)13-10(12)6-11-9-4-3-5-14-7-9/h8-9,11H,3-7H2,1-2H3. The highest BCUT2D eigenvalue weighted by Gasteiger charge is 2.14. The summed E-state index contributed by atoms with van der Waals surface area (Å²) < 4.78 is 5.03. The van der Waals surface area contributed by atoms with Crippen molar-refractivity contribution in [2.24, 2.45) is 0 Å². The average molecular weight is 217 g/mol. The maximum absolute atomic E-state index is 11.2. The monoisotopic (exact) mass is 217 g/mol. The van der Waals surface area contributed by atoms with E-state index in [0.717, 1.165) is 5.75 Å². The summed E-state index contributed by atoms with van der Waals surface area (Å²) in [6.45, 7) is 4.09. The van der Waals surface area contributed by atoms with Crippen LogP contribution >= 0.6 is 11.8 Å². The van der Waals surface area contributed by atoms with E-state index in [-0.39, 0.29) is 12.1 Å². The molecular weight excluding hydrogens is 198 g/mol. The maximum atomic E-state index is 11.2. The Balaban J connectivity index is 2.09. The lowest BCUT2D eigenvalue weighted by molar-refractivity contribution is -0.146. The molecule has 1 aliphatic rings. The van der Waals surface area contributed by atoms with Gasteiger partial charge in [0.05, 0.1) is 12.6 Å². The molecule has 4 heteroatoms. The van der Waals surface area contributed by atoms with E-state index in [1.807, 2.05) is 25.6 Å². The van der Waals surface area contributed by atoms with Crippen LogP contribution in [-0.2, 0) is 9.53 Å². The van der Waals surface area contributed by atoms with Crippen LogP contribution in [0.1, 0.15) is 26.7 Å². The van der Waals surface area contributed by atoms with Crippen LogP contribution in [0.2, 0.25) is 0 Å². The summed E-state index contributed by atoms with van der Waals surface area (Å²) in [4.78, 5) is 11.2. The van der Waals surface area contributed by atoms with E-state index in [4.69, 9.17) is 4.74 Å². The molecule has 14 heavy (non-hydrogen) atoms. The lowest BCUT2D eigenvalue weighted by atomic mass is 10.2. The van der Waals surface area contributed by atoms with Crippen LogP contribution in [0, 0.1) is 0 Å². The molecule has 0 bridgehead atoms. The molecule has 1 saturated heterocycles. The van der Waals surface area contributed by atoms with E-state index in [1.54, 1.807) is 0 Å². The second-order valence-electron chi connectivity index (χ2n) is 3.83. The predicted molar refractivity (Wildman–Crippen MR) is 59.6 cm³/mol. The Hall–Kier alpha value is -0.220. The molecular formula is C10H19NO2S. The topological polar surface area (TPSA) is 38.3 Å². The molecule has 1 rings (SSSR count). The molecule has 0 aromatic heterocycles. The van der Waals surface area contributed by atoms with Crippen molar-refractivity contribution in [3.8, 4) is 0 Å². The summed E-state index contributed by atoms with van der Waals surface area (Å²) in [7, 11) is 0. The zero-order valence-electron chi connectivity index (χ0n) is 8.91. The van der Waals surface area contributed by atoms with Crippen LogP contribution in [0.3, 0.4) is 0 Å². The van der Waals surface area contributed by atoms with Crippen LogP contribution < -0.4 is 5.32 Å². The van der Waals surface area contributed by atoms with Gasteiger partial charge in [-0.3, -0.25) is 4.79 Å². The number of nitrogens with one attached hydrogen (secondary N) is 1. The predicted octanol–water partition coefficient (Wildman–Crippen LogP) is 1.42. The van der Waals surface area contributed by atoms with Crippen LogP contribution in [-0.4, -0.2) is 36.2 Å². The summed E-state index contributed by atoms with van der Waals surface area (Å²) in [6.07, 6.45) is 2.42. The molecule has 1 atom stereocenters. The first kappa shape index (κ1) is 11.9. The molecule has 1 N–H and O–H groups in total. The van der Waals surface area contributed by atoms with Gasteiger partial charge < -0.3 is 10.1 Å². The maximum Gasteiger partial charge on any atom is 0.320 e. The Kier molecular flexibility index (Phi) is 5.33. The van der Waals surface area contributed by atoms with Crippen molar-refractivity contribution in [3.05, 3.63) is 0 Å². The number of esters is 1. The number of carbonyl (C=O) groups excluding carboxylic acids is 1. The molecule has 0 aliphatic carbocycles. The summed E-state index contributed by atoms with van der Waals surface area (Å²) >= 11 is 1.95. The highest BCUT2D eigenvalue weighted by atomic mass is 32.2. The Labute approximate surface area is 90.0 Å². The van der Waals surface area contributed by atoms with E-state index in [2.05, 4.69) is 5.32 Å². The fourth-order valence-electron chi connectivity index (χ4n) is 1.43. The van der Waals surface area contributed by atoms with Gasteiger partial charge in [-0.05, 0) is 32.4 Å². The summed E-state index contributed by atoms with van der Waals surface area (Å²) in [5.41, 5.74) is 0. The van der Waals surface area contributed by atoms with Crippen molar-refractivity contribution < 1.29 is 9.53 Å². The third-order valence-electron chi connectivity index (χ3n) is 2.06. The van der Waals surface area contributed by atoms with Gasteiger partial charge in [-0.2, -0.15) is 11.8 Å². The van der Waals surface area contributed by atoms with Crippen LogP contribution in [0.15, 0.2) is 0 Å². The van der Waals surface area contributed by atoms with Crippen molar-refractivity contribution in [1.29, 1.82) is 0 Å². The smallest absolute Gasteiger partial charge is 0.320 e. The van der Waals surface area contributed by atoms with Crippen molar-refractivity contribution in [2.45, 2.75) is 38.8 Å². The number of carbonyl (C=O) groups is 1. The van der Waals surface area contributed by atoms with Gasteiger partial charge in [-0.25, -0.2) is 0 Å². The third-order valence-corrected chi connectivity index (χ3v) is 3.28. The van der Waals surface area contributed by atoms with E-state index in [9.17, 15) is 4.79 Å². The van der Waals surface area contributed by atoms with Gasteiger partial charge in [0.15, 0.2) is 0 Å². The molecule has 1 aliphatic heterocycles. The lowest BCUT2D eigenvalue weighted by Crippen LogP contribution is -2.38. The molecule has 0 aromatic carbocycles. The van der Waals surface area contributed by atoms with Gasteiger partial charge in [0.1, 0.15) is 0 Å². The number of hydrogen-bond donors (Lipinski definition) is 1. The van der Waals surface area contributed by atoms with Crippen LogP contribution in [0.5, 0.6) is 0 Å². The molecule has 1 unspecified atom stereocenters. The van der Waals surface area contributed by atoms with Crippen LogP contribution in [0.25, 0.3) is 0 Å². The first-order valence-electron chi connectivity index (χ1n) is 5.19. The second-order valence-corrected chi connectivity index (χ2v) is 4.98. The molecule has 0 amide bonds. The average Bonchev–Trinajstić information content (AvgIpc) is 2.15. The van der Waals surface area contributed by atoms with Gasteiger partial charge >= 0.3 is 5.97 Å². The fourth-order valence-corrected chi connectivity index (χ4v) is 2.54. The normalized spacial score (nSPS) is 22.4. The Morgan fingerprint density at radius 2 is 2.43 bits per heavy atom. The minimum absolute atomic E-state index is 0.00923. The molecule has 1 heterocycles. The summed E-state index contributed by atoms with van der Waals surface area (Å²) in [5, 5.41) is 3.23. The first-order valence-corrected chi connectivity index (χ1v) is 6.34. The summed E-state index contributed by atoms with van der Waals surface area (Å²) in [6, 6.07) is 0.494. The molecule has 0 radical (unpaired) electrons.